The van der Waals surface area contributed by atoms with E-state index in [2.05, 4.69) is 43.5 Å². The fraction of sp³-hybridized carbons (Fsp3) is 0.652. The number of imidazole rings is 1. The largest absolute Gasteiger partial charge is 1.00 e. The quantitative estimate of drug-likeness (QED) is 0.0436. The average molecular weight is 813 g/mol. The van der Waals surface area contributed by atoms with Crippen LogP contribution in [0.2, 0.25) is 0 Å². The van der Waals surface area contributed by atoms with E-state index >= 15 is 0 Å². The van der Waals surface area contributed by atoms with Crippen LogP contribution >= 0.6 is 35.2 Å². The number of thioether (sulfide) groups is 1. The smallest absolute Gasteiger partial charge is 0.756 e. The Hall–Kier alpha value is -1.84. The van der Waals surface area contributed by atoms with Gasteiger partial charge in [0, 0.05) is 37.6 Å². The third kappa shape index (κ3) is 13.8. The van der Waals surface area contributed by atoms with Crippen molar-refractivity contribution in [1.82, 2.24) is 30.2 Å². The molecule has 8 atom stereocenters. The number of carbonyl (C=O) groups is 3. The van der Waals surface area contributed by atoms with Crippen LogP contribution in [0.5, 0.6) is 0 Å². The molecule has 1 aliphatic heterocycles. The molecule has 0 spiro atoms. The molecule has 0 bridgehead atoms. The molecule has 0 saturated carbocycles. The molecule has 2 amide bonds. The Balaban J connectivity index is 0.00000936. The molecule has 7 N–H and O–H groups in total. The fourth-order valence-corrected chi connectivity index (χ4v) is 7.54. The summed E-state index contributed by atoms with van der Waals surface area (Å²) < 4.78 is 60.5. The average Bonchev–Trinajstić information content (AvgIpc) is 3.57. The number of aliphatic hydroxyl groups is 2. The Morgan fingerprint density at radius 3 is 2.40 bits per heavy atom. The second-order valence-electron chi connectivity index (χ2n) is 11.3. The van der Waals surface area contributed by atoms with E-state index in [-0.39, 0.29) is 60.5 Å². The number of phosphoric acid groups is 3. The summed E-state index contributed by atoms with van der Waals surface area (Å²) in [4.78, 5) is 92.4. The van der Waals surface area contributed by atoms with Crippen LogP contribution in [-0.2, 0) is 50.7 Å². The predicted molar refractivity (Wildman–Crippen MR) is 166 cm³/mol. The molecule has 52 heavy (non-hydrogen) atoms. The second kappa shape index (κ2) is 19.1. The first-order valence-electron chi connectivity index (χ1n) is 14.5. The minimum Gasteiger partial charge on any atom is -0.756 e. The first kappa shape index (κ1) is 46.3. The summed E-state index contributed by atoms with van der Waals surface area (Å²) in [6.07, 6.45) is -7.35. The van der Waals surface area contributed by atoms with Gasteiger partial charge in [0.1, 0.15) is 36.3 Å². The Labute approximate surface area is 311 Å². The molecule has 24 nitrogen and oxygen atoms in total. The number of hydrogen-bond donors (Lipinski definition) is 6. The summed E-state index contributed by atoms with van der Waals surface area (Å²) >= 11 is 1.02. The van der Waals surface area contributed by atoms with Crippen molar-refractivity contribution in [3.8, 4) is 0 Å². The van der Waals surface area contributed by atoms with E-state index < -0.39 is 84.6 Å². The van der Waals surface area contributed by atoms with Crippen LogP contribution in [0.1, 0.15) is 33.4 Å². The summed E-state index contributed by atoms with van der Waals surface area (Å²) in [5.74, 6) is -1.17. The number of phosphoric ester groups is 3. The Bertz CT molecular complexity index is 1720. The van der Waals surface area contributed by atoms with Gasteiger partial charge in [-0.2, -0.15) is 0 Å². The number of carbonyl (C=O) groups excluding carboxylic acids is 3. The fourth-order valence-electron chi connectivity index (χ4n) is 4.31. The van der Waals surface area contributed by atoms with Crippen molar-refractivity contribution in [2.24, 2.45) is 5.41 Å². The minimum absolute atomic E-state index is 0. The van der Waals surface area contributed by atoms with Crippen molar-refractivity contribution in [1.29, 1.82) is 0 Å². The Morgan fingerprint density at radius 2 is 1.77 bits per heavy atom. The van der Waals surface area contributed by atoms with Gasteiger partial charge < -0.3 is 64.5 Å². The molecule has 288 valence electrons. The van der Waals surface area contributed by atoms with Crippen LogP contribution in [0, 0.1) is 5.41 Å². The third-order valence-corrected chi connectivity index (χ3v) is 10.6. The molecule has 0 aliphatic carbocycles. The van der Waals surface area contributed by atoms with Crippen LogP contribution in [0.4, 0.5) is 5.82 Å². The number of nitrogens with two attached hydrogens (primary N) is 1. The number of anilines is 1. The van der Waals surface area contributed by atoms with Gasteiger partial charge in [-0.25, -0.2) is 19.3 Å². The first-order valence-corrected chi connectivity index (χ1v) is 19.9. The molecule has 8 unspecified atom stereocenters. The van der Waals surface area contributed by atoms with Crippen LogP contribution in [0.25, 0.3) is 11.2 Å². The molecule has 2 aromatic rings. The Kier molecular flexibility index (Phi) is 17.1. The van der Waals surface area contributed by atoms with Crippen molar-refractivity contribution in [2.45, 2.75) is 57.8 Å². The molecular weight excluding hydrogens is 778 g/mol. The number of nitrogen functional groups attached to an aromatic ring is 1. The zero-order chi connectivity index (χ0) is 38.4. The molecule has 1 aliphatic rings. The van der Waals surface area contributed by atoms with Crippen LogP contribution < -0.4 is 49.9 Å². The zero-order valence-corrected chi connectivity index (χ0v) is 31.5. The Morgan fingerprint density at radius 1 is 1.12 bits per heavy atom. The van der Waals surface area contributed by atoms with Crippen LogP contribution in [0.3, 0.4) is 0 Å². The summed E-state index contributed by atoms with van der Waals surface area (Å²) in [5.41, 5.74) is 4.11. The van der Waals surface area contributed by atoms with E-state index in [1.165, 1.54) is 20.8 Å². The molecule has 1 saturated heterocycles. The minimum atomic E-state index is -5.89. The van der Waals surface area contributed by atoms with E-state index in [0.29, 0.717) is 5.75 Å². The van der Waals surface area contributed by atoms with Crippen LogP contribution in [-0.4, -0.2) is 108 Å². The van der Waals surface area contributed by atoms with Gasteiger partial charge in [-0.05, 0) is 0 Å². The molecular formula is C23H35LiN7O17P3S-2. The maximum atomic E-state index is 12.4. The predicted octanol–water partition coefficient (Wildman–Crippen LogP) is -6.21. The standard InChI is InChI=1S/C23H38N7O17P3S.Li/c1-12(31)51-7-6-25-14(32)4-5-26-21(35)18(34)23(2,3)9-44-50(41,42)47-49(39,40)43-8-13-17(46-48(36,37)38)16(33)22(45-13)30-11-29-15-19(24)27-10-28-20(15)30;/h10-11,13,16-18,22,33-34H,4-9H2,1-3H3,(H,25,32)(H,26,35)(H,39,40)(H,41,42)(H2,24,27,28)(H2,36,37,38);/q;+1/p-3. The molecule has 3 rings (SSSR count). The zero-order valence-electron chi connectivity index (χ0n) is 28.0. The molecule has 29 heteroatoms. The van der Waals surface area contributed by atoms with E-state index in [9.17, 15) is 57.9 Å². The van der Waals surface area contributed by atoms with E-state index in [1.54, 1.807) is 0 Å². The number of nitrogens with zero attached hydrogens (tertiary/aromatic N) is 4. The SMILES string of the molecule is CC(=O)SCCNC(=O)CCNC(=O)C(O)C(C)(C)COP(=O)([O-])OP(=O)([O-])OCC1OC(n2cnc3c(N)ncnc32)C(O)C1OP(=O)([O-])O.[Li+]. The van der Waals surface area contributed by atoms with Gasteiger partial charge in [-0.1, -0.05) is 25.6 Å². The number of hydrogen-bond acceptors (Lipinski definition) is 21. The number of aliphatic hydroxyl groups excluding tert-OH is 2. The van der Waals surface area contributed by atoms with Crippen molar-refractivity contribution in [3.05, 3.63) is 12.7 Å². The van der Waals surface area contributed by atoms with Crippen molar-refractivity contribution < 1.29 is 99.3 Å². The second-order valence-corrected chi connectivity index (χ2v) is 16.7. The van der Waals surface area contributed by atoms with Crippen LogP contribution in [0.15, 0.2) is 12.7 Å². The number of amides is 2. The first-order chi connectivity index (χ1) is 23.5. The van der Waals surface area contributed by atoms with Gasteiger partial charge in [0.2, 0.25) is 11.8 Å². The van der Waals surface area contributed by atoms with Gasteiger partial charge in [0.15, 0.2) is 22.8 Å². The van der Waals surface area contributed by atoms with Gasteiger partial charge in [0.25, 0.3) is 23.5 Å². The topological polar surface area (TPSA) is 372 Å². The van der Waals surface area contributed by atoms with E-state index in [1.807, 2.05) is 0 Å². The summed E-state index contributed by atoms with van der Waals surface area (Å²) in [6.45, 7) is 1.54. The monoisotopic (exact) mass is 813 g/mol. The number of ether oxygens (including phenoxy) is 1. The third-order valence-electron chi connectivity index (χ3n) is 6.79. The van der Waals surface area contributed by atoms with Gasteiger partial charge in [-0.15, -0.1) is 0 Å². The number of aromatic nitrogens is 4. The molecule has 1 fully saturated rings. The van der Waals surface area contributed by atoms with Gasteiger partial charge in [-0.3, -0.25) is 32.6 Å². The van der Waals surface area contributed by atoms with Gasteiger partial charge >= 0.3 is 18.9 Å². The maximum Gasteiger partial charge on any atom is 1.00 e. The maximum absolute atomic E-state index is 12.4. The van der Waals surface area contributed by atoms with Gasteiger partial charge in [0.05, 0.1) is 19.5 Å². The number of nitrogens with one attached hydrogen (secondary N) is 2. The summed E-state index contributed by atoms with van der Waals surface area (Å²) in [5, 5.41) is 25.9. The summed E-state index contributed by atoms with van der Waals surface area (Å²) in [6, 6.07) is 0. The summed E-state index contributed by atoms with van der Waals surface area (Å²) in [7, 11) is -17.3. The van der Waals surface area contributed by atoms with Crippen molar-refractivity contribution in [3.63, 3.8) is 0 Å². The molecule has 2 aromatic heterocycles. The number of fused-ring (bicyclic) bond motifs is 1. The number of rotatable bonds is 19. The normalized spacial score (nSPS) is 23.1. The molecule has 3 heterocycles. The van der Waals surface area contributed by atoms with E-state index in [4.69, 9.17) is 10.5 Å². The van der Waals surface area contributed by atoms with Crippen molar-refractivity contribution in [2.75, 3.05) is 37.8 Å². The van der Waals surface area contributed by atoms with Crippen molar-refractivity contribution >= 4 is 69.1 Å². The molecule has 0 aromatic carbocycles. The molecule has 0 radical (unpaired) electrons. The van der Waals surface area contributed by atoms with E-state index in [0.717, 1.165) is 29.0 Å².